The first-order valence-electron chi connectivity index (χ1n) is 8.50. The zero-order valence-corrected chi connectivity index (χ0v) is 13.5. The van der Waals surface area contributed by atoms with Gasteiger partial charge in [0.2, 0.25) is 5.95 Å². The van der Waals surface area contributed by atoms with Gasteiger partial charge in [-0.3, -0.25) is 9.89 Å². The molecule has 3 heterocycles. The lowest BCUT2D eigenvalue weighted by Crippen LogP contribution is -2.35. The number of nitrogens with one attached hydrogen (secondary N) is 3. The first kappa shape index (κ1) is 14.4. The summed E-state index contributed by atoms with van der Waals surface area (Å²) in [6, 6.07) is 1.90. The second kappa shape index (κ2) is 5.27. The van der Waals surface area contributed by atoms with E-state index in [-0.39, 0.29) is 17.5 Å². The summed E-state index contributed by atoms with van der Waals surface area (Å²) in [5.41, 5.74) is 7.22. The van der Waals surface area contributed by atoms with Crippen LogP contribution in [0.2, 0.25) is 0 Å². The minimum absolute atomic E-state index is 0.0491. The molecule has 5 N–H and O–H groups in total. The summed E-state index contributed by atoms with van der Waals surface area (Å²) in [5, 5.41) is 11.0. The molecule has 3 aromatic heterocycles. The van der Waals surface area contributed by atoms with Crippen molar-refractivity contribution in [2.75, 3.05) is 11.1 Å². The molecule has 2 fully saturated rings. The fraction of sp³-hybridized carbons (Fsp3) is 0.438. The number of fused-ring (bicyclic) bond motifs is 1. The minimum atomic E-state index is -0.0491. The van der Waals surface area contributed by atoms with Crippen LogP contribution in [0.1, 0.15) is 49.0 Å². The van der Waals surface area contributed by atoms with E-state index in [1.165, 1.54) is 0 Å². The number of hydrogen-bond donors (Lipinski definition) is 4. The summed E-state index contributed by atoms with van der Waals surface area (Å²) in [4.78, 5) is 27.8. The highest BCUT2D eigenvalue weighted by Gasteiger charge is 2.34. The van der Waals surface area contributed by atoms with Crippen LogP contribution in [0.5, 0.6) is 0 Å². The Balaban J connectivity index is 1.32. The second-order valence-corrected chi connectivity index (χ2v) is 6.90. The number of aromatic nitrogens is 6. The lowest BCUT2D eigenvalue weighted by molar-refractivity contribution is 0.365. The largest absolute Gasteiger partial charge is 0.368 e. The molecule has 2 saturated carbocycles. The maximum atomic E-state index is 11.9. The zero-order valence-electron chi connectivity index (χ0n) is 13.5. The Kier molecular flexibility index (Phi) is 3.03. The van der Waals surface area contributed by atoms with Crippen molar-refractivity contribution < 1.29 is 0 Å². The summed E-state index contributed by atoms with van der Waals surface area (Å²) in [6.45, 7) is 0. The molecular weight excluding hydrogens is 320 g/mol. The summed E-state index contributed by atoms with van der Waals surface area (Å²) >= 11 is 0. The highest BCUT2D eigenvalue weighted by atomic mass is 16.1. The molecule has 3 aromatic rings. The predicted octanol–water partition coefficient (Wildman–Crippen LogP) is 1.25. The predicted molar refractivity (Wildman–Crippen MR) is 92.3 cm³/mol. The quantitative estimate of drug-likeness (QED) is 0.561. The van der Waals surface area contributed by atoms with E-state index in [9.17, 15) is 4.79 Å². The third-order valence-corrected chi connectivity index (χ3v) is 4.97. The van der Waals surface area contributed by atoms with Crippen LogP contribution in [0.4, 0.5) is 11.8 Å². The number of nitrogen functional groups attached to an aromatic ring is 1. The molecule has 9 heteroatoms. The highest BCUT2D eigenvalue weighted by Crippen LogP contribution is 2.40. The zero-order chi connectivity index (χ0) is 17.0. The van der Waals surface area contributed by atoms with Crippen LogP contribution in [-0.4, -0.2) is 36.2 Å². The summed E-state index contributed by atoms with van der Waals surface area (Å²) in [6.07, 6.45) is 5.75. The average Bonchev–Trinajstić information content (AvgIpc) is 3.28. The Morgan fingerprint density at radius 1 is 1.16 bits per heavy atom. The van der Waals surface area contributed by atoms with Crippen LogP contribution in [-0.2, 0) is 0 Å². The van der Waals surface area contributed by atoms with E-state index in [0.29, 0.717) is 23.3 Å². The summed E-state index contributed by atoms with van der Waals surface area (Å²) < 4.78 is 0. The van der Waals surface area contributed by atoms with E-state index in [1.807, 2.05) is 0 Å². The molecule has 0 radical (unpaired) electrons. The van der Waals surface area contributed by atoms with Crippen LogP contribution < -0.4 is 16.6 Å². The summed E-state index contributed by atoms with van der Waals surface area (Å²) in [5.74, 6) is 2.50. The van der Waals surface area contributed by atoms with Gasteiger partial charge in [-0.15, -0.1) is 0 Å². The smallest absolute Gasteiger partial charge is 0.251 e. The number of hydrogen-bond acceptors (Lipinski definition) is 7. The van der Waals surface area contributed by atoms with Crippen molar-refractivity contribution >= 4 is 22.8 Å². The number of rotatable bonds is 4. The number of nitrogens with zero attached hydrogens (tertiary/aromatic N) is 4. The molecule has 5 rings (SSSR count). The van der Waals surface area contributed by atoms with E-state index < -0.39 is 0 Å². The molecule has 9 nitrogen and oxygen atoms in total. The Labute approximate surface area is 142 Å². The molecule has 0 saturated heterocycles. The Bertz CT molecular complexity index is 999. The van der Waals surface area contributed by atoms with Crippen molar-refractivity contribution in [3.63, 3.8) is 0 Å². The van der Waals surface area contributed by atoms with Crippen molar-refractivity contribution in [1.29, 1.82) is 0 Å². The Hall–Kier alpha value is -2.97. The maximum absolute atomic E-state index is 11.9. The standard InChI is InChI=1S/C16H18N8O/c17-16-22-14(10-6-18-24-15(10)23-16)19-9-3-8(4-9)11-5-12(25)21-13(20-11)7-1-2-7/h5-9H,1-4H2,(H,20,21,25)(H4,17,18,19,22,23,24). The van der Waals surface area contributed by atoms with Gasteiger partial charge in [0.15, 0.2) is 5.65 Å². The van der Waals surface area contributed by atoms with Gasteiger partial charge in [0.05, 0.1) is 17.3 Å². The van der Waals surface area contributed by atoms with Crippen molar-refractivity contribution in [2.45, 2.75) is 43.6 Å². The monoisotopic (exact) mass is 338 g/mol. The SMILES string of the molecule is Nc1nc(NC2CC(c3cc(=O)[nH]c(C4CC4)n3)C2)c2cn[nH]c2n1. The Morgan fingerprint density at radius 2 is 2.00 bits per heavy atom. The number of anilines is 2. The molecule has 2 aliphatic carbocycles. The lowest BCUT2D eigenvalue weighted by atomic mass is 9.78. The second-order valence-electron chi connectivity index (χ2n) is 6.90. The number of aromatic amines is 2. The van der Waals surface area contributed by atoms with Gasteiger partial charge in [0.1, 0.15) is 11.6 Å². The molecule has 0 amide bonds. The fourth-order valence-corrected chi connectivity index (χ4v) is 3.39. The van der Waals surface area contributed by atoms with Crippen LogP contribution in [0.15, 0.2) is 17.1 Å². The number of nitrogens with two attached hydrogens (primary N) is 1. The summed E-state index contributed by atoms with van der Waals surface area (Å²) in [7, 11) is 0. The number of H-pyrrole nitrogens is 2. The Morgan fingerprint density at radius 3 is 2.80 bits per heavy atom. The molecule has 0 spiro atoms. The van der Waals surface area contributed by atoms with Crippen molar-refractivity contribution in [2.24, 2.45) is 0 Å². The lowest BCUT2D eigenvalue weighted by Gasteiger charge is -2.35. The van der Waals surface area contributed by atoms with E-state index in [2.05, 4.69) is 35.5 Å². The van der Waals surface area contributed by atoms with Gasteiger partial charge in [0.25, 0.3) is 5.56 Å². The van der Waals surface area contributed by atoms with Gasteiger partial charge in [0, 0.05) is 23.9 Å². The van der Waals surface area contributed by atoms with Gasteiger partial charge in [-0.1, -0.05) is 0 Å². The van der Waals surface area contributed by atoms with Gasteiger partial charge < -0.3 is 16.0 Å². The molecule has 0 aromatic carbocycles. The van der Waals surface area contributed by atoms with Gasteiger partial charge in [-0.05, 0) is 25.7 Å². The van der Waals surface area contributed by atoms with E-state index >= 15 is 0 Å². The molecule has 128 valence electrons. The van der Waals surface area contributed by atoms with Crippen LogP contribution in [0, 0.1) is 0 Å². The van der Waals surface area contributed by atoms with Gasteiger partial charge in [-0.2, -0.15) is 15.1 Å². The topological polar surface area (TPSA) is 138 Å². The minimum Gasteiger partial charge on any atom is -0.368 e. The van der Waals surface area contributed by atoms with Crippen LogP contribution >= 0.6 is 0 Å². The first-order valence-corrected chi connectivity index (χ1v) is 8.50. The van der Waals surface area contributed by atoms with E-state index in [0.717, 1.165) is 42.6 Å². The third-order valence-electron chi connectivity index (χ3n) is 4.97. The molecule has 2 aliphatic rings. The van der Waals surface area contributed by atoms with Crippen LogP contribution in [0.3, 0.4) is 0 Å². The average molecular weight is 338 g/mol. The van der Waals surface area contributed by atoms with E-state index in [1.54, 1.807) is 12.3 Å². The molecule has 0 bridgehead atoms. The normalized spacial score (nSPS) is 22.7. The van der Waals surface area contributed by atoms with Crippen molar-refractivity contribution in [1.82, 2.24) is 30.1 Å². The van der Waals surface area contributed by atoms with Gasteiger partial charge >= 0.3 is 0 Å². The third kappa shape index (κ3) is 2.61. The van der Waals surface area contributed by atoms with E-state index in [4.69, 9.17) is 5.73 Å². The first-order chi connectivity index (χ1) is 12.2. The molecule has 0 unspecified atom stereocenters. The van der Waals surface area contributed by atoms with Crippen LogP contribution in [0.25, 0.3) is 11.0 Å². The highest BCUT2D eigenvalue weighted by molar-refractivity contribution is 5.86. The molecule has 25 heavy (non-hydrogen) atoms. The van der Waals surface area contributed by atoms with Crippen molar-refractivity contribution in [3.05, 3.63) is 34.1 Å². The van der Waals surface area contributed by atoms with Gasteiger partial charge in [-0.25, -0.2) is 4.98 Å². The fourth-order valence-electron chi connectivity index (χ4n) is 3.39. The maximum Gasteiger partial charge on any atom is 0.251 e. The molecular formula is C16H18N8O. The van der Waals surface area contributed by atoms with Crippen molar-refractivity contribution in [3.8, 4) is 0 Å². The molecule has 0 aliphatic heterocycles. The molecule has 0 atom stereocenters.